The monoisotopic (exact) mass is 430 g/mol. The molecule has 2 heterocycles. The summed E-state index contributed by atoms with van der Waals surface area (Å²) >= 11 is 0. The van der Waals surface area contributed by atoms with E-state index in [-0.39, 0.29) is 11.7 Å². The normalized spacial score (nSPS) is 14.5. The number of hydrogen-bond donors (Lipinski definition) is 2. The molecule has 1 aliphatic rings. The number of rotatable bonds is 5. The number of anilines is 1. The van der Waals surface area contributed by atoms with Gasteiger partial charge in [-0.25, -0.2) is 9.37 Å². The van der Waals surface area contributed by atoms with Crippen LogP contribution in [0.2, 0.25) is 0 Å². The maximum Gasteiger partial charge on any atom is 0.255 e. The maximum atomic E-state index is 13.2. The number of halogens is 1. The van der Waals surface area contributed by atoms with Crippen LogP contribution in [0.4, 0.5) is 10.1 Å². The first-order valence-corrected chi connectivity index (χ1v) is 10.7. The average molecular weight is 430 g/mol. The molecule has 3 aromatic carbocycles. The SMILES string of the molecule is O=C(Nc1ccccc1-c1nc2cccc(CN3CCNCC3)c2o1)c1ccc(F)cc1. The highest BCUT2D eigenvalue weighted by atomic mass is 19.1. The lowest BCUT2D eigenvalue weighted by molar-refractivity contribution is 0.102. The fraction of sp³-hybridized carbons (Fsp3) is 0.200. The number of carbonyl (C=O) groups is 1. The Hall–Kier alpha value is -3.55. The molecule has 0 unspecified atom stereocenters. The van der Waals surface area contributed by atoms with Gasteiger partial charge in [0.2, 0.25) is 5.89 Å². The first kappa shape index (κ1) is 20.4. The molecular formula is C25H23FN4O2. The predicted molar refractivity (Wildman–Crippen MR) is 122 cm³/mol. The van der Waals surface area contributed by atoms with Crippen molar-refractivity contribution in [3.8, 4) is 11.5 Å². The van der Waals surface area contributed by atoms with E-state index in [1.807, 2.05) is 30.3 Å². The van der Waals surface area contributed by atoms with Crippen molar-refractivity contribution in [3.05, 3.63) is 83.7 Å². The molecule has 0 spiro atoms. The molecular weight excluding hydrogens is 407 g/mol. The Morgan fingerprint density at radius 1 is 1.03 bits per heavy atom. The van der Waals surface area contributed by atoms with E-state index in [0.29, 0.717) is 22.7 Å². The van der Waals surface area contributed by atoms with E-state index >= 15 is 0 Å². The second kappa shape index (κ2) is 8.90. The Balaban J connectivity index is 1.44. The molecule has 1 aromatic heterocycles. The highest BCUT2D eigenvalue weighted by molar-refractivity contribution is 6.06. The van der Waals surface area contributed by atoms with Crippen LogP contribution in [0.25, 0.3) is 22.6 Å². The van der Waals surface area contributed by atoms with E-state index in [9.17, 15) is 9.18 Å². The van der Waals surface area contributed by atoms with Crippen LogP contribution in [0, 0.1) is 5.82 Å². The number of nitrogens with one attached hydrogen (secondary N) is 2. The number of benzene rings is 3. The highest BCUT2D eigenvalue weighted by Crippen LogP contribution is 2.32. The van der Waals surface area contributed by atoms with Crippen LogP contribution in [0.15, 0.2) is 71.1 Å². The zero-order chi connectivity index (χ0) is 21.9. The Morgan fingerprint density at radius 3 is 2.62 bits per heavy atom. The lowest BCUT2D eigenvalue weighted by atomic mass is 10.1. The molecule has 7 heteroatoms. The van der Waals surface area contributed by atoms with Crippen molar-refractivity contribution >= 4 is 22.7 Å². The Bertz CT molecular complexity index is 1250. The maximum absolute atomic E-state index is 13.2. The Labute approximate surface area is 185 Å². The zero-order valence-electron chi connectivity index (χ0n) is 17.5. The van der Waals surface area contributed by atoms with Gasteiger partial charge >= 0.3 is 0 Å². The third-order valence-corrected chi connectivity index (χ3v) is 5.61. The summed E-state index contributed by atoms with van der Waals surface area (Å²) < 4.78 is 19.4. The van der Waals surface area contributed by atoms with Crippen LogP contribution < -0.4 is 10.6 Å². The quantitative estimate of drug-likeness (QED) is 0.494. The molecule has 0 saturated carbocycles. The lowest BCUT2D eigenvalue weighted by Crippen LogP contribution is -2.42. The molecule has 162 valence electrons. The molecule has 4 aromatic rings. The molecule has 0 bridgehead atoms. The van der Waals surface area contributed by atoms with E-state index in [1.54, 1.807) is 6.07 Å². The minimum atomic E-state index is -0.384. The van der Waals surface area contributed by atoms with Crippen LogP contribution in [0.5, 0.6) is 0 Å². The zero-order valence-corrected chi connectivity index (χ0v) is 17.5. The summed E-state index contributed by atoms with van der Waals surface area (Å²) in [6, 6.07) is 18.8. The highest BCUT2D eigenvalue weighted by Gasteiger charge is 2.18. The number of hydrogen-bond acceptors (Lipinski definition) is 5. The van der Waals surface area contributed by atoms with Gasteiger partial charge in [-0.05, 0) is 42.5 Å². The number of carbonyl (C=O) groups excluding carboxylic acids is 1. The standard InChI is InChI=1S/C25H23FN4O2/c26-19-10-8-17(9-11-19)24(31)28-21-6-2-1-5-20(21)25-29-22-7-3-4-18(23(22)32-25)16-30-14-12-27-13-15-30/h1-11,27H,12-16H2,(H,28,31). The summed E-state index contributed by atoms with van der Waals surface area (Å²) in [4.78, 5) is 19.7. The van der Waals surface area contributed by atoms with E-state index in [1.165, 1.54) is 24.3 Å². The van der Waals surface area contributed by atoms with Gasteiger partial charge in [0.25, 0.3) is 5.91 Å². The average Bonchev–Trinajstić information content (AvgIpc) is 3.26. The molecule has 2 N–H and O–H groups in total. The first-order valence-electron chi connectivity index (χ1n) is 10.7. The van der Waals surface area contributed by atoms with Crippen molar-refractivity contribution in [3.63, 3.8) is 0 Å². The minimum absolute atomic E-state index is 0.326. The molecule has 1 saturated heterocycles. The lowest BCUT2D eigenvalue weighted by Gasteiger charge is -2.27. The van der Waals surface area contributed by atoms with Crippen molar-refractivity contribution in [2.75, 3.05) is 31.5 Å². The molecule has 0 aliphatic carbocycles. The second-order valence-electron chi connectivity index (χ2n) is 7.82. The van der Waals surface area contributed by atoms with Gasteiger partial charge < -0.3 is 15.1 Å². The van der Waals surface area contributed by atoms with Gasteiger partial charge in [-0.15, -0.1) is 0 Å². The van der Waals surface area contributed by atoms with Gasteiger partial charge in [0.15, 0.2) is 5.58 Å². The van der Waals surface area contributed by atoms with Crippen LogP contribution in [-0.2, 0) is 6.54 Å². The van der Waals surface area contributed by atoms with Gasteiger partial charge in [0, 0.05) is 43.9 Å². The van der Waals surface area contributed by atoms with Crippen LogP contribution in [0.3, 0.4) is 0 Å². The molecule has 32 heavy (non-hydrogen) atoms. The molecule has 6 nitrogen and oxygen atoms in total. The van der Waals surface area contributed by atoms with Crippen molar-refractivity contribution in [2.45, 2.75) is 6.54 Å². The van der Waals surface area contributed by atoms with Crippen molar-refractivity contribution in [1.82, 2.24) is 15.2 Å². The first-order chi connectivity index (χ1) is 15.7. The van der Waals surface area contributed by atoms with Crippen LogP contribution in [-0.4, -0.2) is 42.0 Å². The van der Waals surface area contributed by atoms with E-state index in [4.69, 9.17) is 9.40 Å². The summed E-state index contributed by atoms with van der Waals surface area (Å²) in [5.41, 5.74) is 4.28. The van der Waals surface area contributed by atoms with Gasteiger partial charge in [-0.1, -0.05) is 24.3 Å². The molecule has 1 fully saturated rings. The van der Waals surface area contributed by atoms with Crippen molar-refractivity contribution in [2.24, 2.45) is 0 Å². The van der Waals surface area contributed by atoms with Gasteiger partial charge in [-0.3, -0.25) is 9.69 Å². The number of amides is 1. The van der Waals surface area contributed by atoms with Crippen molar-refractivity contribution < 1.29 is 13.6 Å². The van der Waals surface area contributed by atoms with E-state index in [2.05, 4.69) is 21.6 Å². The topological polar surface area (TPSA) is 70.4 Å². The van der Waals surface area contributed by atoms with Gasteiger partial charge in [0.1, 0.15) is 11.3 Å². The summed E-state index contributed by atoms with van der Waals surface area (Å²) in [7, 11) is 0. The number of oxazole rings is 1. The molecule has 0 radical (unpaired) electrons. The number of nitrogens with zero attached hydrogens (tertiary/aromatic N) is 2. The number of fused-ring (bicyclic) bond motifs is 1. The smallest absolute Gasteiger partial charge is 0.255 e. The molecule has 5 rings (SSSR count). The fourth-order valence-corrected chi connectivity index (χ4v) is 3.93. The summed E-state index contributed by atoms with van der Waals surface area (Å²) in [5.74, 6) is -0.263. The molecule has 1 amide bonds. The third kappa shape index (κ3) is 4.26. The van der Waals surface area contributed by atoms with Crippen LogP contribution >= 0.6 is 0 Å². The van der Waals surface area contributed by atoms with Crippen molar-refractivity contribution in [1.29, 1.82) is 0 Å². The Kier molecular flexibility index (Phi) is 5.66. The van der Waals surface area contributed by atoms with Crippen LogP contribution in [0.1, 0.15) is 15.9 Å². The second-order valence-corrected chi connectivity index (χ2v) is 7.82. The number of aromatic nitrogens is 1. The summed E-state index contributed by atoms with van der Waals surface area (Å²) in [5, 5.41) is 6.26. The summed E-state index contributed by atoms with van der Waals surface area (Å²) in [6.45, 7) is 4.76. The van der Waals surface area contributed by atoms with E-state index in [0.717, 1.165) is 49.4 Å². The third-order valence-electron chi connectivity index (χ3n) is 5.61. The fourth-order valence-electron chi connectivity index (χ4n) is 3.93. The molecule has 1 aliphatic heterocycles. The predicted octanol–water partition coefficient (Wildman–Crippen LogP) is 4.29. The van der Waals surface area contributed by atoms with Gasteiger partial charge in [0.05, 0.1) is 11.3 Å². The Morgan fingerprint density at radius 2 is 1.81 bits per heavy atom. The largest absolute Gasteiger partial charge is 0.436 e. The molecule has 0 atom stereocenters. The van der Waals surface area contributed by atoms with E-state index < -0.39 is 0 Å². The summed E-state index contributed by atoms with van der Waals surface area (Å²) in [6.07, 6.45) is 0. The number of piperazine rings is 1. The number of para-hydroxylation sites is 2. The van der Waals surface area contributed by atoms with Gasteiger partial charge in [-0.2, -0.15) is 0 Å². The minimum Gasteiger partial charge on any atom is -0.436 e.